The van der Waals surface area contributed by atoms with Crippen LogP contribution in [0.1, 0.15) is 27.9 Å². The van der Waals surface area contributed by atoms with E-state index in [2.05, 4.69) is 26.8 Å². The largest absolute Gasteiger partial charge is 0.354 e. The van der Waals surface area contributed by atoms with Crippen molar-refractivity contribution in [1.29, 1.82) is 0 Å². The number of carbonyl (C=O) groups excluding carboxylic acids is 1. The Kier molecular flexibility index (Phi) is 6.51. The van der Waals surface area contributed by atoms with Crippen molar-refractivity contribution in [2.24, 2.45) is 0 Å². The molecule has 0 bridgehead atoms. The molecule has 0 unspecified atom stereocenters. The second-order valence-corrected chi connectivity index (χ2v) is 7.35. The van der Waals surface area contributed by atoms with Crippen LogP contribution in [-0.4, -0.2) is 26.8 Å². The van der Waals surface area contributed by atoms with Gasteiger partial charge in [0.05, 0.1) is 16.3 Å². The van der Waals surface area contributed by atoms with Crippen LogP contribution in [0.15, 0.2) is 85.5 Å². The van der Waals surface area contributed by atoms with Crippen molar-refractivity contribution in [3.63, 3.8) is 0 Å². The van der Waals surface area contributed by atoms with E-state index in [1.165, 1.54) is 0 Å². The second kappa shape index (κ2) is 9.84. The molecule has 4 aromatic rings. The minimum atomic E-state index is -0.125. The van der Waals surface area contributed by atoms with Crippen molar-refractivity contribution >= 4 is 17.5 Å². The van der Waals surface area contributed by atoms with Crippen LogP contribution in [-0.2, 0) is 6.54 Å². The van der Waals surface area contributed by atoms with Gasteiger partial charge in [0.1, 0.15) is 0 Å². The van der Waals surface area contributed by atoms with Crippen LogP contribution in [0, 0.1) is 11.8 Å². The number of nitrogens with zero attached hydrogens (tertiary/aromatic N) is 3. The summed E-state index contributed by atoms with van der Waals surface area (Å²) in [4.78, 5) is 12.7. The van der Waals surface area contributed by atoms with Gasteiger partial charge in [-0.3, -0.25) is 4.79 Å². The lowest BCUT2D eigenvalue weighted by Crippen LogP contribution is -2.25. The van der Waals surface area contributed by atoms with E-state index in [-0.39, 0.29) is 5.91 Å². The minimum absolute atomic E-state index is 0.125. The Labute approximate surface area is 186 Å². The molecule has 1 N–H and O–H groups in total. The van der Waals surface area contributed by atoms with E-state index in [0.29, 0.717) is 22.7 Å². The standard InChI is InChI=1S/C25H21ClN4O/c26-23-8-2-1-7-20(23)9-10-21-19-22(11-12-24(21)30-18-6-14-28-30)25(31)27-13-5-17-29-15-3-4-16-29/h1-4,6-8,11-12,14-16,18-19H,5,13,17H2,(H,27,31). The predicted octanol–water partition coefficient (Wildman–Crippen LogP) is 4.55. The Balaban J connectivity index is 1.53. The Morgan fingerprint density at radius 3 is 2.55 bits per heavy atom. The molecule has 0 aliphatic carbocycles. The average molecular weight is 429 g/mol. The normalized spacial score (nSPS) is 10.4. The topological polar surface area (TPSA) is 51.9 Å². The van der Waals surface area contributed by atoms with Crippen LogP contribution in [0.4, 0.5) is 0 Å². The maximum Gasteiger partial charge on any atom is 0.251 e. The van der Waals surface area contributed by atoms with Crippen molar-refractivity contribution < 1.29 is 4.79 Å². The molecule has 2 heterocycles. The number of hydrogen-bond acceptors (Lipinski definition) is 2. The second-order valence-electron chi connectivity index (χ2n) is 6.94. The van der Waals surface area contributed by atoms with E-state index in [1.54, 1.807) is 29.1 Å². The van der Waals surface area contributed by atoms with E-state index in [1.807, 2.05) is 61.1 Å². The molecule has 2 aromatic carbocycles. The van der Waals surface area contributed by atoms with Crippen molar-refractivity contribution in [3.05, 3.63) is 107 Å². The molecule has 0 aliphatic rings. The van der Waals surface area contributed by atoms with E-state index in [4.69, 9.17) is 11.6 Å². The number of carbonyl (C=O) groups is 1. The van der Waals surface area contributed by atoms with Gasteiger partial charge in [-0.1, -0.05) is 35.6 Å². The average Bonchev–Trinajstić information content (AvgIpc) is 3.50. The number of aryl methyl sites for hydroxylation is 1. The highest BCUT2D eigenvalue weighted by molar-refractivity contribution is 6.31. The molecule has 0 aliphatic heterocycles. The number of benzene rings is 2. The first kappa shape index (κ1) is 20.5. The van der Waals surface area contributed by atoms with Crippen LogP contribution >= 0.6 is 11.6 Å². The van der Waals surface area contributed by atoms with Gasteiger partial charge in [0.2, 0.25) is 0 Å². The summed E-state index contributed by atoms with van der Waals surface area (Å²) in [6, 6.07) is 18.7. The number of amides is 1. The third-order valence-electron chi connectivity index (χ3n) is 4.76. The van der Waals surface area contributed by atoms with E-state index < -0.39 is 0 Å². The summed E-state index contributed by atoms with van der Waals surface area (Å²) in [5.41, 5.74) is 2.79. The summed E-state index contributed by atoms with van der Waals surface area (Å²) in [6.07, 6.45) is 8.43. The molecule has 154 valence electrons. The summed E-state index contributed by atoms with van der Waals surface area (Å²) >= 11 is 6.23. The van der Waals surface area contributed by atoms with Gasteiger partial charge in [0.15, 0.2) is 0 Å². The summed E-state index contributed by atoms with van der Waals surface area (Å²) in [6.45, 7) is 1.46. The Hall–Kier alpha value is -3.75. The zero-order valence-corrected chi connectivity index (χ0v) is 17.6. The number of aromatic nitrogens is 3. The smallest absolute Gasteiger partial charge is 0.251 e. The molecule has 0 atom stereocenters. The Bertz CT molecular complexity index is 1220. The molecule has 1 amide bonds. The first-order valence-corrected chi connectivity index (χ1v) is 10.4. The molecular weight excluding hydrogens is 408 g/mol. The molecule has 0 saturated heterocycles. The first-order valence-electron chi connectivity index (χ1n) is 10.0. The molecule has 5 nitrogen and oxygen atoms in total. The quantitative estimate of drug-likeness (QED) is 0.362. The monoisotopic (exact) mass is 428 g/mol. The van der Waals surface area contributed by atoms with Crippen LogP contribution in [0.3, 0.4) is 0 Å². The lowest BCUT2D eigenvalue weighted by Gasteiger charge is -2.09. The van der Waals surface area contributed by atoms with E-state index in [0.717, 1.165) is 24.2 Å². The minimum Gasteiger partial charge on any atom is -0.354 e. The van der Waals surface area contributed by atoms with Crippen molar-refractivity contribution in [3.8, 4) is 17.5 Å². The summed E-state index contributed by atoms with van der Waals surface area (Å²) in [7, 11) is 0. The van der Waals surface area contributed by atoms with Gasteiger partial charge in [0.25, 0.3) is 5.91 Å². The SMILES string of the molecule is O=C(NCCCn1cccc1)c1ccc(-n2cccn2)c(C#Cc2ccccc2Cl)c1. The van der Waals surface area contributed by atoms with Gasteiger partial charge < -0.3 is 9.88 Å². The fourth-order valence-corrected chi connectivity index (χ4v) is 3.35. The highest BCUT2D eigenvalue weighted by atomic mass is 35.5. The molecule has 4 rings (SSSR count). The van der Waals surface area contributed by atoms with Crippen LogP contribution in [0.2, 0.25) is 5.02 Å². The Morgan fingerprint density at radius 1 is 0.968 bits per heavy atom. The summed E-state index contributed by atoms with van der Waals surface area (Å²) in [5.74, 6) is 6.14. The van der Waals surface area contributed by atoms with Crippen molar-refractivity contribution in [1.82, 2.24) is 19.7 Å². The van der Waals surface area contributed by atoms with Gasteiger partial charge in [-0.2, -0.15) is 5.10 Å². The molecular formula is C25H21ClN4O. The Morgan fingerprint density at radius 2 is 1.77 bits per heavy atom. The van der Waals surface area contributed by atoms with Crippen LogP contribution in [0.25, 0.3) is 5.69 Å². The highest BCUT2D eigenvalue weighted by Crippen LogP contribution is 2.17. The molecule has 2 aromatic heterocycles. The highest BCUT2D eigenvalue weighted by Gasteiger charge is 2.10. The molecule has 0 spiro atoms. The molecule has 0 saturated carbocycles. The maximum atomic E-state index is 12.7. The zero-order chi connectivity index (χ0) is 21.5. The summed E-state index contributed by atoms with van der Waals surface area (Å²) in [5, 5.41) is 7.87. The van der Waals surface area contributed by atoms with Gasteiger partial charge >= 0.3 is 0 Å². The first-order chi connectivity index (χ1) is 15.2. The van der Waals surface area contributed by atoms with Gasteiger partial charge in [-0.05, 0) is 55.0 Å². The van der Waals surface area contributed by atoms with Gasteiger partial charge in [-0.15, -0.1) is 0 Å². The molecule has 6 heteroatoms. The lowest BCUT2D eigenvalue weighted by atomic mass is 10.1. The van der Waals surface area contributed by atoms with Crippen LogP contribution in [0.5, 0.6) is 0 Å². The fourth-order valence-electron chi connectivity index (χ4n) is 3.17. The van der Waals surface area contributed by atoms with E-state index in [9.17, 15) is 4.79 Å². The number of rotatable bonds is 6. The number of halogens is 1. The molecule has 31 heavy (non-hydrogen) atoms. The summed E-state index contributed by atoms with van der Waals surface area (Å²) < 4.78 is 3.82. The van der Waals surface area contributed by atoms with Crippen molar-refractivity contribution in [2.45, 2.75) is 13.0 Å². The zero-order valence-electron chi connectivity index (χ0n) is 16.8. The molecule has 0 fully saturated rings. The predicted molar refractivity (Wildman–Crippen MR) is 122 cm³/mol. The lowest BCUT2D eigenvalue weighted by molar-refractivity contribution is 0.0952. The van der Waals surface area contributed by atoms with E-state index >= 15 is 0 Å². The third-order valence-corrected chi connectivity index (χ3v) is 5.09. The van der Waals surface area contributed by atoms with Crippen LogP contribution < -0.4 is 5.32 Å². The van der Waals surface area contributed by atoms with Gasteiger partial charge in [0, 0.05) is 49.0 Å². The van der Waals surface area contributed by atoms with Gasteiger partial charge in [-0.25, -0.2) is 4.68 Å². The third kappa shape index (κ3) is 5.25. The number of nitrogens with one attached hydrogen (secondary N) is 1. The number of hydrogen-bond donors (Lipinski definition) is 1. The maximum absolute atomic E-state index is 12.7. The molecule has 0 radical (unpaired) electrons. The van der Waals surface area contributed by atoms with Crippen molar-refractivity contribution in [2.75, 3.05) is 6.54 Å². The fraction of sp³-hybridized carbons (Fsp3) is 0.120.